The Labute approximate surface area is 152 Å². The van der Waals surface area contributed by atoms with Crippen LogP contribution in [0.5, 0.6) is 5.75 Å². The van der Waals surface area contributed by atoms with Gasteiger partial charge in [-0.1, -0.05) is 18.2 Å². The van der Waals surface area contributed by atoms with Gasteiger partial charge in [0.2, 0.25) is 10.0 Å². The van der Waals surface area contributed by atoms with Crippen molar-refractivity contribution in [2.45, 2.75) is 12.8 Å². The molecule has 0 bridgehead atoms. The lowest BCUT2D eigenvalue weighted by Crippen LogP contribution is -2.29. The van der Waals surface area contributed by atoms with E-state index in [1.165, 1.54) is 24.3 Å². The largest absolute Gasteiger partial charge is 0.494 e. The predicted octanol–water partition coefficient (Wildman–Crippen LogP) is 3.24. The highest BCUT2D eigenvalue weighted by atomic mass is 32.2. The summed E-state index contributed by atoms with van der Waals surface area (Å²) in [6.45, 7) is 0.609. The average molecular weight is 376 g/mol. The van der Waals surface area contributed by atoms with Crippen LogP contribution in [-0.4, -0.2) is 32.3 Å². The molecular formula is C19H21FN2O3S. The number of sulfonamides is 1. The molecule has 0 spiro atoms. The van der Waals surface area contributed by atoms with E-state index in [0.29, 0.717) is 25.1 Å². The van der Waals surface area contributed by atoms with Crippen molar-refractivity contribution < 1.29 is 17.5 Å². The number of halogens is 1. The average Bonchev–Trinajstić information content (AvgIpc) is 3.03. The van der Waals surface area contributed by atoms with Crippen LogP contribution in [0.25, 0.3) is 10.9 Å². The summed E-state index contributed by atoms with van der Waals surface area (Å²) in [7, 11) is -3.35. The first-order valence-corrected chi connectivity index (χ1v) is 10.1. The van der Waals surface area contributed by atoms with Crippen LogP contribution < -0.4 is 9.46 Å². The van der Waals surface area contributed by atoms with E-state index in [0.717, 1.165) is 16.5 Å². The van der Waals surface area contributed by atoms with Gasteiger partial charge in [-0.05, 0) is 48.7 Å². The number of ether oxygens (including phenoxy) is 1. The van der Waals surface area contributed by atoms with Crippen molar-refractivity contribution in [1.29, 1.82) is 0 Å². The molecule has 7 heteroatoms. The zero-order chi connectivity index (χ0) is 18.4. The Balaban J connectivity index is 1.40. The van der Waals surface area contributed by atoms with E-state index in [1.807, 2.05) is 30.5 Å². The second kappa shape index (κ2) is 8.33. The van der Waals surface area contributed by atoms with E-state index in [1.54, 1.807) is 0 Å². The van der Waals surface area contributed by atoms with Gasteiger partial charge in [-0.25, -0.2) is 17.5 Å². The number of aromatic nitrogens is 1. The highest BCUT2D eigenvalue weighted by molar-refractivity contribution is 7.89. The van der Waals surface area contributed by atoms with Crippen molar-refractivity contribution in [2.24, 2.45) is 0 Å². The second-order valence-electron chi connectivity index (χ2n) is 5.98. The van der Waals surface area contributed by atoms with Crippen LogP contribution in [0.2, 0.25) is 0 Å². The monoisotopic (exact) mass is 376 g/mol. The van der Waals surface area contributed by atoms with Crippen LogP contribution >= 0.6 is 0 Å². The third kappa shape index (κ3) is 5.06. The third-order valence-corrected chi connectivity index (χ3v) is 5.50. The van der Waals surface area contributed by atoms with E-state index in [4.69, 9.17) is 4.74 Å². The van der Waals surface area contributed by atoms with E-state index in [2.05, 4.69) is 9.71 Å². The van der Waals surface area contributed by atoms with Crippen LogP contribution in [0.3, 0.4) is 0 Å². The molecule has 138 valence electrons. The Morgan fingerprint density at radius 2 is 1.85 bits per heavy atom. The van der Waals surface area contributed by atoms with Gasteiger partial charge in [0.1, 0.15) is 11.6 Å². The molecule has 0 unspecified atom stereocenters. The minimum atomic E-state index is -3.35. The lowest BCUT2D eigenvalue weighted by molar-refractivity contribution is 0.317. The van der Waals surface area contributed by atoms with Gasteiger partial charge in [0.05, 0.1) is 12.4 Å². The lowest BCUT2D eigenvalue weighted by Gasteiger charge is -2.08. The van der Waals surface area contributed by atoms with Crippen molar-refractivity contribution in [1.82, 2.24) is 9.71 Å². The standard InChI is InChI=1S/C19H21FN2O3S/c20-16-6-8-17(9-7-16)25-12-3-13-26(23,24)22-11-10-15-14-21-19-5-2-1-4-18(15)19/h1-2,4-9,14,21-22H,3,10-13H2. The summed E-state index contributed by atoms with van der Waals surface area (Å²) in [6, 6.07) is 13.6. The number of aromatic amines is 1. The molecule has 0 aliphatic rings. The van der Waals surface area contributed by atoms with Crippen LogP contribution in [0.15, 0.2) is 54.7 Å². The minimum Gasteiger partial charge on any atom is -0.494 e. The number of benzene rings is 2. The zero-order valence-electron chi connectivity index (χ0n) is 14.2. The Morgan fingerprint density at radius 3 is 2.65 bits per heavy atom. The van der Waals surface area contributed by atoms with Gasteiger partial charge >= 0.3 is 0 Å². The summed E-state index contributed by atoms with van der Waals surface area (Å²) in [5.41, 5.74) is 2.13. The summed E-state index contributed by atoms with van der Waals surface area (Å²) in [6.07, 6.45) is 2.89. The molecule has 5 nitrogen and oxygen atoms in total. The first-order valence-electron chi connectivity index (χ1n) is 8.44. The molecule has 1 aromatic heterocycles. The first-order chi connectivity index (χ1) is 12.5. The minimum absolute atomic E-state index is 0.0118. The van der Waals surface area contributed by atoms with Gasteiger partial charge in [0.15, 0.2) is 0 Å². The lowest BCUT2D eigenvalue weighted by atomic mass is 10.1. The highest BCUT2D eigenvalue weighted by Crippen LogP contribution is 2.17. The molecule has 0 aliphatic heterocycles. The number of fused-ring (bicyclic) bond motifs is 1. The van der Waals surface area contributed by atoms with Gasteiger partial charge in [0, 0.05) is 23.6 Å². The first kappa shape index (κ1) is 18.4. The van der Waals surface area contributed by atoms with Crippen LogP contribution in [0.4, 0.5) is 4.39 Å². The van der Waals surface area contributed by atoms with E-state index in [-0.39, 0.29) is 18.2 Å². The van der Waals surface area contributed by atoms with E-state index >= 15 is 0 Å². The van der Waals surface area contributed by atoms with Gasteiger partial charge in [-0.15, -0.1) is 0 Å². The van der Waals surface area contributed by atoms with E-state index in [9.17, 15) is 12.8 Å². The molecule has 3 aromatic rings. The molecule has 0 amide bonds. The number of H-pyrrole nitrogens is 1. The van der Waals surface area contributed by atoms with Gasteiger partial charge in [-0.2, -0.15) is 0 Å². The zero-order valence-corrected chi connectivity index (χ0v) is 15.1. The van der Waals surface area contributed by atoms with Crippen molar-refractivity contribution in [3.63, 3.8) is 0 Å². The van der Waals surface area contributed by atoms with Crippen molar-refractivity contribution in [3.8, 4) is 5.75 Å². The second-order valence-corrected chi connectivity index (χ2v) is 7.91. The molecule has 0 aliphatic carbocycles. The number of rotatable bonds is 9. The molecule has 0 atom stereocenters. The maximum Gasteiger partial charge on any atom is 0.211 e. The highest BCUT2D eigenvalue weighted by Gasteiger charge is 2.10. The Morgan fingerprint density at radius 1 is 1.08 bits per heavy atom. The fourth-order valence-corrected chi connectivity index (χ4v) is 3.78. The molecule has 0 radical (unpaired) electrons. The predicted molar refractivity (Wildman–Crippen MR) is 100 cm³/mol. The summed E-state index contributed by atoms with van der Waals surface area (Å²) in [4.78, 5) is 3.18. The smallest absolute Gasteiger partial charge is 0.211 e. The molecule has 3 rings (SSSR count). The number of para-hydroxylation sites is 1. The SMILES string of the molecule is O=S(=O)(CCCOc1ccc(F)cc1)NCCc1c[nH]c2ccccc12. The fourth-order valence-electron chi connectivity index (χ4n) is 2.72. The molecule has 2 N–H and O–H groups in total. The molecule has 0 saturated carbocycles. The molecule has 0 saturated heterocycles. The van der Waals surface area contributed by atoms with Crippen molar-refractivity contribution >= 4 is 20.9 Å². The van der Waals surface area contributed by atoms with Crippen LogP contribution in [0.1, 0.15) is 12.0 Å². The van der Waals surface area contributed by atoms with Crippen LogP contribution in [-0.2, 0) is 16.4 Å². The molecule has 0 fully saturated rings. The van der Waals surface area contributed by atoms with Crippen molar-refractivity contribution in [3.05, 3.63) is 66.1 Å². The summed E-state index contributed by atoms with van der Waals surface area (Å²) >= 11 is 0. The van der Waals surface area contributed by atoms with Gasteiger partial charge in [0.25, 0.3) is 0 Å². The quantitative estimate of drug-likeness (QED) is 0.563. The fraction of sp³-hybridized carbons (Fsp3) is 0.263. The van der Waals surface area contributed by atoms with E-state index < -0.39 is 10.0 Å². The normalized spacial score (nSPS) is 11.7. The summed E-state index contributed by atoms with van der Waals surface area (Å²) in [5.74, 6) is 0.178. The maximum absolute atomic E-state index is 12.8. The third-order valence-electron chi connectivity index (χ3n) is 4.03. The molecular weight excluding hydrogens is 355 g/mol. The maximum atomic E-state index is 12.8. The van der Waals surface area contributed by atoms with Gasteiger partial charge < -0.3 is 9.72 Å². The summed E-state index contributed by atoms with van der Waals surface area (Å²) in [5, 5.41) is 1.11. The number of hydrogen-bond donors (Lipinski definition) is 2. The summed E-state index contributed by atoms with van der Waals surface area (Å²) < 4.78 is 44.9. The van der Waals surface area contributed by atoms with Crippen LogP contribution in [0, 0.1) is 5.82 Å². The molecule has 1 heterocycles. The Bertz CT molecular complexity index is 952. The molecule has 2 aromatic carbocycles. The number of hydrogen-bond acceptors (Lipinski definition) is 3. The molecule has 26 heavy (non-hydrogen) atoms. The number of nitrogens with one attached hydrogen (secondary N) is 2. The van der Waals surface area contributed by atoms with Crippen molar-refractivity contribution in [2.75, 3.05) is 18.9 Å². The topological polar surface area (TPSA) is 71.2 Å². The Hall–Kier alpha value is -2.38. The van der Waals surface area contributed by atoms with Gasteiger partial charge in [-0.3, -0.25) is 0 Å². The Kier molecular flexibility index (Phi) is 5.90.